The summed E-state index contributed by atoms with van der Waals surface area (Å²) < 4.78 is 26.5. The second-order valence-electron chi connectivity index (χ2n) is 6.85. The van der Waals surface area contributed by atoms with Crippen LogP contribution in [0.25, 0.3) is 0 Å². The molecule has 0 aliphatic carbocycles. The van der Waals surface area contributed by atoms with Crippen molar-refractivity contribution < 1.29 is 33.6 Å². The maximum absolute atomic E-state index is 12.4. The second kappa shape index (κ2) is 9.05. The molecule has 0 radical (unpaired) electrons. The van der Waals surface area contributed by atoms with E-state index in [0.717, 1.165) is 5.56 Å². The molecule has 1 fully saturated rings. The molecule has 7 heteroatoms. The van der Waals surface area contributed by atoms with E-state index in [2.05, 4.69) is 0 Å². The van der Waals surface area contributed by atoms with Gasteiger partial charge < -0.3 is 28.8 Å². The average Bonchev–Trinajstić information content (AvgIpc) is 3.12. The van der Waals surface area contributed by atoms with Gasteiger partial charge in [-0.05, 0) is 41.8 Å². The van der Waals surface area contributed by atoms with Crippen LogP contribution in [0.5, 0.6) is 23.0 Å². The zero-order valence-electron chi connectivity index (χ0n) is 17.0. The number of hydrogen-bond acceptors (Lipinski definition) is 7. The number of aliphatic hydroxyl groups excluding tert-OH is 1. The van der Waals surface area contributed by atoms with E-state index in [9.17, 15) is 9.90 Å². The number of cyclic esters (lactones) is 1. The molecule has 156 valence electrons. The Labute approximate surface area is 170 Å². The lowest BCUT2D eigenvalue weighted by atomic mass is 9.83. The van der Waals surface area contributed by atoms with Crippen LogP contribution in [0.3, 0.4) is 0 Å². The van der Waals surface area contributed by atoms with Crippen LogP contribution in [0.15, 0.2) is 36.4 Å². The maximum atomic E-state index is 12.4. The number of benzene rings is 2. The first kappa shape index (κ1) is 20.8. The van der Waals surface area contributed by atoms with Gasteiger partial charge in [0.1, 0.15) is 0 Å². The van der Waals surface area contributed by atoms with Gasteiger partial charge in [0.25, 0.3) is 0 Å². The van der Waals surface area contributed by atoms with Crippen LogP contribution in [0.2, 0.25) is 0 Å². The van der Waals surface area contributed by atoms with Crippen LogP contribution < -0.4 is 18.9 Å². The fraction of sp³-hybridized carbons (Fsp3) is 0.409. The SMILES string of the molecule is COc1ccc(CC2C(=O)OCC2C(O)c2ccc(OC)c(OC)c2)cc1OC. The monoisotopic (exact) mass is 402 g/mol. The standard InChI is InChI=1S/C22H26O7/c1-25-17-7-5-13(10-19(17)27-3)9-15-16(12-29-22(15)24)21(23)14-6-8-18(26-2)20(11-14)28-4/h5-8,10-11,15-16,21,23H,9,12H2,1-4H3. The van der Waals surface area contributed by atoms with Gasteiger partial charge in [0, 0.05) is 5.92 Å². The summed E-state index contributed by atoms with van der Waals surface area (Å²) in [5.74, 6) is 1.13. The van der Waals surface area contributed by atoms with E-state index in [0.29, 0.717) is 35.0 Å². The summed E-state index contributed by atoms with van der Waals surface area (Å²) in [5.41, 5.74) is 1.54. The Morgan fingerprint density at radius 3 is 2.14 bits per heavy atom. The van der Waals surface area contributed by atoms with Crippen molar-refractivity contribution in [3.05, 3.63) is 47.5 Å². The lowest BCUT2D eigenvalue weighted by molar-refractivity contribution is -0.141. The number of carbonyl (C=O) groups is 1. The van der Waals surface area contributed by atoms with Crippen molar-refractivity contribution in [1.29, 1.82) is 0 Å². The summed E-state index contributed by atoms with van der Waals surface area (Å²) in [6, 6.07) is 10.7. The topological polar surface area (TPSA) is 83.5 Å². The summed E-state index contributed by atoms with van der Waals surface area (Å²) in [5, 5.41) is 11.0. The van der Waals surface area contributed by atoms with Crippen molar-refractivity contribution in [3.8, 4) is 23.0 Å². The van der Waals surface area contributed by atoms with E-state index in [1.54, 1.807) is 45.6 Å². The highest BCUT2D eigenvalue weighted by Gasteiger charge is 2.41. The molecule has 0 aromatic heterocycles. The van der Waals surface area contributed by atoms with E-state index in [1.807, 2.05) is 12.1 Å². The smallest absolute Gasteiger partial charge is 0.309 e. The van der Waals surface area contributed by atoms with Gasteiger partial charge >= 0.3 is 5.97 Å². The van der Waals surface area contributed by atoms with Gasteiger partial charge in [-0.25, -0.2) is 0 Å². The molecule has 3 atom stereocenters. The molecule has 0 saturated carbocycles. The van der Waals surface area contributed by atoms with Crippen LogP contribution in [0, 0.1) is 11.8 Å². The van der Waals surface area contributed by atoms with Crippen LogP contribution >= 0.6 is 0 Å². The summed E-state index contributed by atoms with van der Waals surface area (Å²) in [7, 11) is 6.23. The highest BCUT2D eigenvalue weighted by atomic mass is 16.5. The zero-order valence-corrected chi connectivity index (χ0v) is 17.0. The quantitative estimate of drug-likeness (QED) is 0.680. The van der Waals surface area contributed by atoms with Gasteiger partial charge in [0.2, 0.25) is 0 Å². The maximum Gasteiger partial charge on any atom is 0.309 e. The average molecular weight is 402 g/mol. The minimum atomic E-state index is -0.883. The van der Waals surface area contributed by atoms with Crippen molar-refractivity contribution in [1.82, 2.24) is 0 Å². The molecule has 29 heavy (non-hydrogen) atoms. The van der Waals surface area contributed by atoms with Gasteiger partial charge in [0.15, 0.2) is 23.0 Å². The van der Waals surface area contributed by atoms with Gasteiger partial charge in [-0.2, -0.15) is 0 Å². The highest BCUT2D eigenvalue weighted by molar-refractivity contribution is 5.75. The normalized spacial score (nSPS) is 19.4. The molecular formula is C22H26O7. The largest absolute Gasteiger partial charge is 0.493 e. The van der Waals surface area contributed by atoms with Crippen molar-refractivity contribution in [3.63, 3.8) is 0 Å². The number of ether oxygens (including phenoxy) is 5. The number of aliphatic hydroxyl groups is 1. The van der Waals surface area contributed by atoms with E-state index >= 15 is 0 Å². The summed E-state index contributed by atoms with van der Waals surface area (Å²) >= 11 is 0. The van der Waals surface area contributed by atoms with Crippen molar-refractivity contribution in [2.75, 3.05) is 35.0 Å². The third-order valence-corrected chi connectivity index (χ3v) is 5.30. The molecule has 2 aromatic carbocycles. The van der Waals surface area contributed by atoms with Crippen LogP contribution in [-0.4, -0.2) is 46.1 Å². The van der Waals surface area contributed by atoms with Crippen molar-refractivity contribution >= 4 is 5.97 Å². The Morgan fingerprint density at radius 2 is 1.52 bits per heavy atom. The fourth-order valence-electron chi connectivity index (χ4n) is 3.67. The van der Waals surface area contributed by atoms with Gasteiger partial charge in [0.05, 0.1) is 47.1 Å². The van der Waals surface area contributed by atoms with E-state index in [1.165, 1.54) is 7.11 Å². The molecule has 1 heterocycles. The van der Waals surface area contributed by atoms with Crippen LogP contribution in [0.4, 0.5) is 0 Å². The lowest BCUT2D eigenvalue weighted by Gasteiger charge is -2.22. The molecule has 7 nitrogen and oxygen atoms in total. The van der Waals surface area contributed by atoms with Gasteiger partial charge in [-0.1, -0.05) is 12.1 Å². The third-order valence-electron chi connectivity index (χ3n) is 5.30. The first-order valence-electron chi connectivity index (χ1n) is 9.29. The Kier molecular flexibility index (Phi) is 6.49. The molecule has 0 bridgehead atoms. The first-order valence-corrected chi connectivity index (χ1v) is 9.29. The van der Waals surface area contributed by atoms with E-state index in [-0.39, 0.29) is 18.5 Å². The number of hydrogen-bond donors (Lipinski definition) is 1. The summed E-state index contributed by atoms with van der Waals surface area (Å²) in [6.07, 6.45) is -0.458. The third kappa shape index (κ3) is 4.24. The first-order chi connectivity index (χ1) is 14.0. The molecule has 0 spiro atoms. The molecule has 2 aromatic rings. The molecule has 1 N–H and O–H groups in total. The number of rotatable bonds is 8. The molecule has 0 amide bonds. The van der Waals surface area contributed by atoms with E-state index in [4.69, 9.17) is 23.7 Å². The molecular weight excluding hydrogens is 376 g/mol. The van der Waals surface area contributed by atoms with E-state index < -0.39 is 12.0 Å². The minimum Gasteiger partial charge on any atom is -0.493 e. The van der Waals surface area contributed by atoms with Crippen molar-refractivity contribution in [2.24, 2.45) is 11.8 Å². The number of esters is 1. The Bertz CT molecular complexity index is 864. The summed E-state index contributed by atoms with van der Waals surface area (Å²) in [4.78, 5) is 12.4. The molecule has 1 aliphatic rings. The Balaban J connectivity index is 1.83. The molecule has 1 saturated heterocycles. The van der Waals surface area contributed by atoms with Crippen LogP contribution in [-0.2, 0) is 16.0 Å². The van der Waals surface area contributed by atoms with Gasteiger partial charge in [-0.15, -0.1) is 0 Å². The fourth-order valence-corrected chi connectivity index (χ4v) is 3.67. The number of methoxy groups -OCH3 is 4. The molecule has 3 rings (SSSR count). The Hall–Kier alpha value is -2.93. The summed E-state index contributed by atoms with van der Waals surface area (Å²) in [6.45, 7) is 0.159. The second-order valence-corrected chi connectivity index (χ2v) is 6.85. The molecule has 3 unspecified atom stereocenters. The highest BCUT2D eigenvalue weighted by Crippen LogP contribution is 2.39. The Morgan fingerprint density at radius 1 is 0.931 bits per heavy atom. The number of carbonyl (C=O) groups excluding carboxylic acids is 1. The van der Waals surface area contributed by atoms with Crippen LogP contribution in [0.1, 0.15) is 17.2 Å². The predicted molar refractivity (Wildman–Crippen MR) is 106 cm³/mol. The zero-order chi connectivity index (χ0) is 21.0. The minimum absolute atomic E-state index is 0.159. The lowest BCUT2D eigenvalue weighted by Crippen LogP contribution is -2.24. The van der Waals surface area contributed by atoms with Crippen molar-refractivity contribution in [2.45, 2.75) is 12.5 Å². The predicted octanol–water partition coefficient (Wildman–Crippen LogP) is 2.79. The molecule has 1 aliphatic heterocycles. The van der Waals surface area contributed by atoms with Gasteiger partial charge in [-0.3, -0.25) is 4.79 Å².